The molecule has 152 valence electrons. The summed E-state index contributed by atoms with van der Waals surface area (Å²) < 4.78 is 6.95. The van der Waals surface area contributed by atoms with Crippen LogP contribution < -0.4 is 10.1 Å². The number of nitrogens with one attached hydrogen (secondary N) is 1. The fourth-order valence-corrected chi connectivity index (χ4v) is 4.40. The molecule has 3 aromatic rings. The first kappa shape index (κ1) is 19.7. The zero-order valence-corrected chi connectivity index (χ0v) is 17.7. The maximum absolute atomic E-state index is 12.9. The van der Waals surface area contributed by atoms with Gasteiger partial charge in [0, 0.05) is 12.2 Å². The molecule has 0 unspecified atom stereocenters. The molecular weight excluding hydrogens is 388 g/mol. The van der Waals surface area contributed by atoms with Crippen molar-refractivity contribution in [1.82, 2.24) is 20.1 Å². The van der Waals surface area contributed by atoms with Gasteiger partial charge in [0.25, 0.3) is 5.91 Å². The standard InChI is InChI=1S/C22H25ClN4O2/c1-13-6-4-5-7-18(13)25-22(28)17-12-24-21-19(20(17)23)14(2)26-27(21)15-8-10-16(29-3)11-9-15/h8-13,18H,4-7H2,1-3H3,(H,25,28)/t13-,18-/m1/s1. The third kappa shape index (κ3) is 3.69. The van der Waals surface area contributed by atoms with Gasteiger partial charge in [-0.15, -0.1) is 0 Å². The Bertz CT molecular complexity index is 1050. The Morgan fingerprint density at radius 2 is 1.97 bits per heavy atom. The molecule has 0 spiro atoms. The number of halogens is 1. The number of pyridine rings is 1. The van der Waals surface area contributed by atoms with Gasteiger partial charge in [0.05, 0.1) is 34.5 Å². The average molecular weight is 413 g/mol. The Morgan fingerprint density at radius 3 is 2.66 bits per heavy atom. The summed E-state index contributed by atoms with van der Waals surface area (Å²) >= 11 is 6.67. The molecule has 1 fully saturated rings. The van der Waals surface area contributed by atoms with E-state index in [1.807, 2.05) is 31.2 Å². The molecule has 0 radical (unpaired) electrons. The molecule has 1 aliphatic carbocycles. The van der Waals surface area contributed by atoms with Gasteiger partial charge in [-0.2, -0.15) is 5.10 Å². The van der Waals surface area contributed by atoms with Crippen molar-refractivity contribution in [3.63, 3.8) is 0 Å². The Labute approximate surface area is 175 Å². The van der Waals surface area contributed by atoms with Crippen LogP contribution in [0.3, 0.4) is 0 Å². The molecule has 6 nitrogen and oxygen atoms in total. The first-order valence-corrected chi connectivity index (χ1v) is 10.4. The highest BCUT2D eigenvalue weighted by molar-refractivity contribution is 6.38. The third-order valence-electron chi connectivity index (χ3n) is 5.80. The minimum absolute atomic E-state index is 0.167. The van der Waals surface area contributed by atoms with Crippen LogP contribution in [0, 0.1) is 12.8 Å². The molecule has 0 bridgehead atoms. The van der Waals surface area contributed by atoms with Crippen LogP contribution in [0.2, 0.25) is 5.02 Å². The summed E-state index contributed by atoms with van der Waals surface area (Å²) in [7, 11) is 1.63. The second-order valence-electron chi connectivity index (χ2n) is 7.72. The van der Waals surface area contributed by atoms with Gasteiger partial charge in [0.2, 0.25) is 0 Å². The van der Waals surface area contributed by atoms with Crippen LogP contribution >= 0.6 is 11.6 Å². The summed E-state index contributed by atoms with van der Waals surface area (Å²) in [6, 6.07) is 7.74. The van der Waals surface area contributed by atoms with Crippen molar-refractivity contribution in [2.75, 3.05) is 7.11 Å². The smallest absolute Gasteiger partial charge is 0.254 e. The fourth-order valence-electron chi connectivity index (χ4n) is 4.05. The van der Waals surface area contributed by atoms with Crippen LogP contribution in [0.15, 0.2) is 30.5 Å². The fraction of sp³-hybridized carbons (Fsp3) is 0.409. The summed E-state index contributed by atoms with van der Waals surface area (Å²) in [4.78, 5) is 17.4. The van der Waals surface area contributed by atoms with Crippen LogP contribution in [-0.4, -0.2) is 33.8 Å². The van der Waals surface area contributed by atoms with Gasteiger partial charge in [-0.25, -0.2) is 9.67 Å². The van der Waals surface area contributed by atoms with Gasteiger partial charge in [0.1, 0.15) is 5.75 Å². The Hall–Kier alpha value is -2.60. The SMILES string of the molecule is COc1ccc(-n2nc(C)c3c(Cl)c(C(=O)N[C@@H]4CCCC[C@H]4C)cnc32)cc1. The predicted octanol–water partition coefficient (Wildman–Crippen LogP) is 4.70. The van der Waals surface area contributed by atoms with Crippen molar-refractivity contribution >= 4 is 28.5 Å². The lowest BCUT2D eigenvalue weighted by Gasteiger charge is -2.29. The van der Waals surface area contributed by atoms with Crippen LogP contribution in [0.4, 0.5) is 0 Å². The number of amides is 1. The predicted molar refractivity (Wildman–Crippen MR) is 114 cm³/mol. The molecule has 0 aliphatic heterocycles. The third-order valence-corrected chi connectivity index (χ3v) is 6.19. The van der Waals surface area contributed by atoms with Gasteiger partial charge in [0.15, 0.2) is 5.65 Å². The maximum atomic E-state index is 12.9. The van der Waals surface area contributed by atoms with Crippen molar-refractivity contribution in [1.29, 1.82) is 0 Å². The highest BCUT2D eigenvalue weighted by atomic mass is 35.5. The zero-order valence-electron chi connectivity index (χ0n) is 16.9. The van der Waals surface area contributed by atoms with E-state index in [9.17, 15) is 4.79 Å². The number of fused-ring (bicyclic) bond motifs is 1. The molecule has 1 N–H and O–H groups in total. The van der Waals surface area contributed by atoms with Gasteiger partial charge < -0.3 is 10.1 Å². The lowest BCUT2D eigenvalue weighted by molar-refractivity contribution is 0.0910. The van der Waals surface area contributed by atoms with Gasteiger partial charge in [-0.05, 0) is 49.9 Å². The zero-order chi connectivity index (χ0) is 20.5. The quantitative estimate of drug-likeness (QED) is 0.674. The molecule has 29 heavy (non-hydrogen) atoms. The number of methoxy groups -OCH3 is 1. The monoisotopic (exact) mass is 412 g/mol. The number of hydrogen-bond donors (Lipinski definition) is 1. The molecule has 4 rings (SSSR count). The molecule has 7 heteroatoms. The van der Waals surface area contributed by atoms with E-state index < -0.39 is 0 Å². The number of ether oxygens (including phenoxy) is 1. The van der Waals surface area contributed by atoms with Crippen molar-refractivity contribution in [2.45, 2.75) is 45.6 Å². The molecule has 1 amide bonds. The van der Waals surface area contributed by atoms with Gasteiger partial charge >= 0.3 is 0 Å². The molecule has 2 aromatic heterocycles. The summed E-state index contributed by atoms with van der Waals surface area (Å²) in [5.41, 5.74) is 2.60. The number of carbonyl (C=O) groups is 1. The van der Waals surface area contributed by atoms with Crippen LogP contribution in [0.25, 0.3) is 16.7 Å². The molecule has 0 saturated heterocycles. The van der Waals surface area contributed by atoms with E-state index in [1.165, 1.54) is 6.42 Å². The second kappa shape index (κ2) is 8.03. The van der Waals surface area contributed by atoms with E-state index in [0.717, 1.165) is 36.4 Å². The van der Waals surface area contributed by atoms with E-state index in [-0.39, 0.29) is 11.9 Å². The summed E-state index contributed by atoms with van der Waals surface area (Å²) in [5, 5.41) is 8.86. The summed E-state index contributed by atoms with van der Waals surface area (Å²) in [6.45, 7) is 4.07. The lowest BCUT2D eigenvalue weighted by atomic mass is 9.86. The number of rotatable bonds is 4. The highest BCUT2D eigenvalue weighted by Crippen LogP contribution is 2.31. The number of aromatic nitrogens is 3. The van der Waals surface area contributed by atoms with Crippen LogP contribution in [0.5, 0.6) is 5.75 Å². The Morgan fingerprint density at radius 1 is 1.24 bits per heavy atom. The molecule has 1 saturated carbocycles. The van der Waals surface area contributed by atoms with Gasteiger partial charge in [-0.1, -0.05) is 31.4 Å². The normalized spacial score (nSPS) is 19.3. The van der Waals surface area contributed by atoms with Crippen molar-refractivity contribution in [3.8, 4) is 11.4 Å². The minimum atomic E-state index is -0.167. The summed E-state index contributed by atoms with van der Waals surface area (Å²) in [6.07, 6.45) is 6.08. The highest BCUT2D eigenvalue weighted by Gasteiger charge is 2.26. The second-order valence-corrected chi connectivity index (χ2v) is 8.10. The van der Waals surface area contributed by atoms with E-state index >= 15 is 0 Å². The minimum Gasteiger partial charge on any atom is -0.497 e. The first-order valence-electron chi connectivity index (χ1n) is 9.98. The largest absolute Gasteiger partial charge is 0.497 e. The molecule has 2 heterocycles. The van der Waals surface area contributed by atoms with E-state index in [2.05, 4.69) is 22.3 Å². The Balaban J connectivity index is 1.68. The van der Waals surface area contributed by atoms with Gasteiger partial charge in [-0.3, -0.25) is 4.79 Å². The number of nitrogens with zero attached hydrogens (tertiary/aromatic N) is 3. The number of carbonyl (C=O) groups excluding carboxylic acids is 1. The summed E-state index contributed by atoms with van der Waals surface area (Å²) in [5.74, 6) is 1.08. The number of aryl methyl sites for hydroxylation is 1. The molecule has 1 aromatic carbocycles. The maximum Gasteiger partial charge on any atom is 0.254 e. The van der Waals surface area contributed by atoms with E-state index in [4.69, 9.17) is 16.3 Å². The molecule has 2 atom stereocenters. The Kier molecular flexibility index (Phi) is 5.46. The lowest BCUT2D eigenvalue weighted by Crippen LogP contribution is -2.41. The number of benzene rings is 1. The van der Waals surface area contributed by atoms with Crippen molar-refractivity contribution < 1.29 is 9.53 Å². The van der Waals surface area contributed by atoms with Crippen molar-refractivity contribution in [2.24, 2.45) is 5.92 Å². The molecular formula is C22H25ClN4O2. The topological polar surface area (TPSA) is 69.0 Å². The van der Waals surface area contributed by atoms with Crippen molar-refractivity contribution in [3.05, 3.63) is 46.7 Å². The van der Waals surface area contributed by atoms with Crippen LogP contribution in [0.1, 0.15) is 48.7 Å². The first-order chi connectivity index (χ1) is 14.0. The average Bonchev–Trinajstić information content (AvgIpc) is 3.07. The van der Waals surface area contributed by atoms with E-state index in [0.29, 0.717) is 27.5 Å². The van der Waals surface area contributed by atoms with Crippen LogP contribution in [-0.2, 0) is 0 Å². The van der Waals surface area contributed by atoms with E-state index in [1.54, 1.807) is 18.0 Å². The number of hydrogen-bond acceptors (Lipinski definition) is 4. The molecule has 1 aliphatic rings.